The van der Waals surface area contributed by atoms with Gasteiger partial charge in [0.15, 0.2) is 0 Å². The quantitative estimate of drug-likeness (QED) is 0.675. The van der Waals surface area contributed by atoms with Crippen molar-refractivity contribution in [3.05, 3.63) is 58.6 Å². The second-order valence-corrected chi connectivity index (χ2v) is 9.48. The highest BCUT2D eigenvalue weighted by Gasteiger charge is 2.38. The zero-order chi connectivity index (χ0) is 20.7. The van der Waals surface area contributed by atoms with Gasteiger partial charge in [-0.2, -0.15) is 0 Å². The largest absolute Gasteiger partial charge is 0.352 e. The van der Waals surface area contributed by atoms with E-state index >= 15 is 0 Å². The van der Waals surface area contributed by atoms with Crippen molar-refractivity contribution in [2.45, 2.75) is 64.2 Å². The lowest BCUT2D eigenvalue weighted by Crippen LogP contribution is -2.56. The first kappa shape index (κ1) is 19.4. The first-order chi connectivity index (χ1) is 14.6. The number of aryl methyl sites for hydroxylation is 1. The molecule has 3 heterocycles. The van der Waals surface area contributed by atoms with Crippen molar-refractivity contribution < 1.29 is 9.59 Å². The van der Waals surface area contributed by atoms with E-state index in [-0.39, 0.29) is 17.9 Å². The molecule has 1 aliphatic heterocycles. The lowest BCUT2D eigenvalue weighted by molar-refractivity contribution is -0.127. The Kier molecular flexibility index (Phi) is 5.11. The predicted molar refractivity (Wildman–Crippen MR) is 120 cm³/mol. The summed E-state index contributed by atoms with van der Waals surface area (Å²) < 4.78 is 3.13. The van der Waals surface area contributed by atoms with E-state index in [0.717, 1.165) is 34.2 Å². The van der Waals surface area contributed by atoms with Crippen molar-refractivity contribution in [2.75, 3.05) is 0 Å². The molecule has 0 spiro atoms. The fourth-order valence-corrected chi connectivity index (χ4v) is 5.66. The van der Waals surface area contributed by atoms with Crippen LogP contribution in [0.4, 0.5) is 0 Å². The van der Waals surface area contributed by atoms with Gasteiger partial charge in [-0.1, -0.05) is 43.5 Å². The van der Waals surface area contributed by atoms with Gasteiger partial charge in [0.2, 0.25) is 5.91 Å². The van der Waals surface area contributed by atoms with Crippen molar-refractivity contribution in [2.24, 2.45) is 0 Å². The maximum atomic E-state index is 13.5. The Labute approximate surface area is 180 Å². The molecule has 5 nitrogen and oxygen atoms in total. The van der Waals surface area contributed by atoms with Gasteiger partial charge in [-0.15, -0.1) is 11.3 Å². The number of fused-ring (bicyclic) bond motifs is 3. The SMILES string of the molecule is Cc1ccccc1CN1C(=O)c2cc3sccc3n2CC1C(=O)NC1CCCCC1. The molecule has 30 heavy (non-hydrogen) atoms. The molecule has 2 amide bonds. The van der Waals surface area contributed by atoms with E-state index in [1.807, 2.05) is 40.3 Å². The lowest BCUT2D eigenvalue weighted by Gasteiger charge is -2.37. The molecule has 5 rings (SSSR count). The Balaban J connectivity index is 1.49. The van der Waals surface area contributed by atoms with E-state index in [1.54, 1.807) is 16.2 Å². The number of carbonyl (C=O) groups excluding carboxylic acids is 2. The van der Waals surface area contributed by atoms with Crippen LogP contribution in [-0.2, 0) is 17.9 Å². The van der Waals surface area contributed by atoms with Gasteiger partial charge in [0.25, 0.3) is 5.91 Å². The van der Waals surface area contributed by atoms with Crippen molar-refractivity contribution in [1.29, 1.82) is 0 Å². The average Bonchev–Trinajstić information content (AvgIpc) is 3.34. The molecule has 1 N–H and O–H groups in total. The summed E-state index contributed by atoms with van der Waals surface area (Å²) in [5, 5.41) is 5.30. The molecule has 2 aliphatic rings. The second-order valence-electron chi connectivity index (χ2n) is 8.53. The number of thiophene rings is 1. The maximum Gasteiger partial charge on any atom is 0.271 e. The lowest BCUT2D eigenvalue weighted by atomic mass is 9.95. The van der Waals surface area contributed by atoms with Crippen LogP contribution in [0.3, 0.4) is 0 Å². The fourth-order valence-electron chi connectivity index (χ4n) is 4.83. The molecule has 2 aromatic heterocycles. The minimum atomic E-state index is -0.498. The van der Waals surface area contributed by atoms with Gasteiger partial charge in [-0.25, -0.2) is 0 Å². The summed E-state index contributed by atoms with van der Waals surface area (Å²) in [5.74, 6) is -0.0803. The van der Waals surface area contributed by atoms with Crippen molar-refractivity contribution in [1.82, 2.24) is 14.8 Å². The van der Waals surface area contributed by atoms with Gasteiger partial charge in [-0.3, -0.25) is 9.59 Å². The Morgan fingerprint density at radius 2 is 1.97 bits per heavy atom. The van der Waals surface area contributed by atoms with Crippen LogP contribution >= 0.6 is 11.3 Å². The molecule has 0 saturated heterocycles. The van der Waals surface area contributed by atoms with E-state index in [9.17, 15) is 9.59 Å². The van der Waals surface area contributed by atoms with Gasteiger partial charge < -0.3 is 14.8 Å². The van der Waals surface area contributed by atoms with Crippen LogP contribution < -0.4 is 5.32 Å². The first-order valence-electron chi connectivity index (χ1n) is 10.8. The number of rotatable bonds is 4. The highest BCUT2D eigenvalue weighted by atomic mass is 32.1. The minimum Gasteiger partial charge on any atom is -0.352 e. The summed E-state index contributed by atoms with van der Waals surface area (Å²) in [4.78, 5) is 28.7. The third kappa shape index (κ3) is 3.43. The highest BCUT2D eigenvalue weighted by molar-refractivity contribution is 7.17. The highest BCUT2D eigenvalue weighted by Crippen LogP contribution is 2.31. The van der Waals surface area contributed by atoms with E-state index in [1.165, 1.54) is 19.3 Å². The zero-order valence-corrected chi connectivity index (χ0v) is 18.1. The summed E-state index contributed by atoms with van der Waals surface area (Å²) in [6.07, 6.45) is 5.65. The zero-order valence-electron chi connectivity index (χ0n) is 17.3. The summed E-state index contributed by atoms with van der Waals surface area (Å²) >= 11 is 1.64. The average molecular weight is 422 g/mol. The van der Waals surface area contributed by atoms with E-state index in [4.69, 9.17) is 0 Å². The van der Waals surface area contributed by atoms with Crippen LogP contribution in [0.25, 0.3) is 10.2 Å². The van der Waals surface area contributed by atoms with Crippen molar-refractivity contribution in [3.63, 3.8) is 0 Å². The number of amides is 2. The van der Waals surface area contributed by atoms with Gasteiger partial charge in [0, 0.05) is 12.6 Å². The third-order valence-electron chi connectivity index (χ3n) is 6.59. The topological polar surface area (TPSA) is 54.3 Å². The van der Waals surface area contributed by atoms with E-state index < -0.39 is 6.04 Å². The van der Waals surface area contributed by atoms with Crippen LogP contribution in [0.5, 0.6) is 0 Å². The smallest absolute Gasteiger partial charge is 0.271 e. The van der Waals surface area contributed by atoms with Gasteiger partial charge >= 0.3 is 0 Å². The van der Waals surface area contributed by atoms with Crippen molar-refractivity contribution >= 4 is 33.4 Å². The van der Waals surface area contributed by atoms with Crippen LogP contribution in [-0.4, -0.2) is 33.4 Å². The molecule has 156 valence electrons. The molecule has 1 unspecified atom stereocenters. The summed E-state index contributed by atoms with van der Waals surface area (Å²) in [6, 6.07) is 11.9. The molecule has 1 atom stereocenters. The fraction of sp³-hybridized carbons (Fsp3) is 0.417. The summed E-state index contributed by atoms with van der Waals surface area (Å²) in [7, 11) is 0. The first-order valence-corrected chi connectivity index (χ1v) is 11.7. The van der Waals surface area contributed by atoms with Crippen molar-refractivity contribution in [3.8, 4) is 0 Å². The Hall–Kier alpha value is -2.60. The summed E-state index contributed by atoms with van der Waals surface area (Å²) in [6.45, 7) is 3.01. The monoisotopic (exact) mass is 421 g/mol. The second kappa shape index (κ2) is 7.91. The molecular weight excluding hydrogens is 394 g/mol. The predicted octanol–water partition coefficient (Wildman–Crippen LogP) is 4.48. The number of carbonyl (C=O) groups is 2. The normalized spacial score (nSPS) is 19.8. The minimum absolute atomic E-state index is 0.0217. The molecule has 1 aromatic carbocycles. The standard InChI is InChI=1S/C24H27N3O2S/c1-16-7-5-6-8-17(16)14-27-21(23(28)25-18-9-3-2-4-10-18)15-26-19-11-12-30-22(19)13-20(26)24(27)29/h5-8,11-13,18,21H,2-4,9-10,14-15H2,1H3,(H,25,28). The number of hydrogen-bond acceptors (Lipinski definition) is 3. The molecule has 1 fully saturated rings. The Morgan fingerprint density at radius 3 is 2.77 bits per heavy atom. The number of hydrogen-bond donors (Lipinski definition) is 1. The van der Waals surface area contributed by atoms with E-state index in [0.29, 0.717) is 18.8 Å². The molecule has 6 heteroatoms. The third-order valence-corrected chi connectivity index (χ3v) is 7.44. The molecule has 1 saturated carbocycles. The molecular formula is C24H27N3O2S. The van der Waals surface area contributed by atoms with Gasteiger partial charge in [0.1, 0.15) is 11.7 Å². The molecule has 0 bridgehead atoms. The summed E-state index contributed by atoms with van der Waals surface area (Å²) in [5.41, 5.74) is 3.96. The number of benzene rings is 1. The van der Waals surface area contributed by atoms with Crippen LogP contribution in [0.1, 0.15) is 53.7 Å². The van der Waals surface area contributed by atoms with Gasteiger partial charge in [-0.05, 0) is 48.4 Å². The number of nitrogens with one attached hydrogen (secondary N) is 1. The number of nitrogens with zero attached hydrogens (tertiary/aromatic N) is 2. The maximum absolute atomic E-state index is 13.5. The molecule has 3 aromatic rings. The van der Waals surface area contributed by atoms with E-state index in [2.05, 4.69) is 18.3 Å². The number of aromatic nitrogens is 1. The Morgan fingerprint density at radius 1 is 1.17 bits per heavy atom. The molecule has 1 aliphatic carbocycles. The van der Waals surface area contributed by atoms with Crippen LogP contribution in [0.15, 0.2) is 41.8 Å². The Bertz CT molecular complexity index is 1090. The van der Waals surface area contributed by atoms with Crippen LogP contribution in [0, 0.1) is 6.92 Å². The van der Waals surface area contributed by atoms with Crippen LogP contribution in [0.2, 0.25) is 0 Å². The molecule has 0 radical (unpaired) electrons. The van der Waals surface area contributed by atoms with Gasteiger partial charge in [0.05, 0.1) is 16.8 Å².